The number of anilines is 1. The number of hydrogen-bond acceptors (Lipinski definition) is 3. The minimum Gasteiger partial charge on any atom is -0.508 e. The van der Waals surface area contributed by atoms with Gasteiger partial charge in [-0.1, -0.05) is 0 Å². The van der Waals surface area contributed by atoms with E-state index in [0.717, 1.165) is 6.07 Å². The van der Waals surface area contributed by atoms with Crippen molar-refractivity contribution in [2.45, 2.75) is 0 Å². The number of aromatic hydroxyl groups is 1. The summed E-state index contributed by atoms with van der Waals surface area (Å²) in [6.45, 7) is 0. The third-order valence-corrected chi connectivity index (χ3v) is 1.27. The normalized spacial score (nSPS) is 8.67. The number of nitrogens with two attached hydrogens (primary N) is 1. The second-order valence-electron chi connectivity index (χ2n) is 2.08. The third kappa shape index (κ3) is 2.03. The summed E-state index contributed by atoms with van der Waals surface area (Å²) in [4.78, 5) is 10.4. The van der Waals surface area contributed by atoms with Crippen molar-refractivity contribution < 1.29 is 15.0 Å². The molecule has 0 radical (unpaired) electrons. The number of hydrogen-bond donors (Lipinski definition) is 3. The smallest absolute Gasteiger partial charge is 0.337 e. The predicted molar refractivity (Wildman–Crippen MR) is 46.7 cm³/mol. The number of halogens is 1. The second kappa shape index (κ2) is 3.82. The lowest BCUT2D eigenvalue weighted by Crippen LogP contribution is -2.01. The summed E-state index contributed by atoms with van der Waals surface area (Å²) >= 11 is 0. The molecule has 5 heteroatoms. The van der Waals surface area contributed by atoms with Gasteiger partial charge in [-0.05, 0) is 18.2 Å². The van der Waals surface area contributed by atoms with Gasteiger partial charge in [0.15, 0.2) is 0 Å². The Bertz CT molecular complexity index is 301. The van der Waals surface area contributed by atoms with Crippen molar-refractivity contribution in [2.75, 3.05) is 5.73 Å². The van der Waals surface area contributed by atoms with Crippen molar-refractivity contribution in [3.8, 4) is 5.75 Å². The number of phenolic OH excluding ortho intramolecular Hbond substituents is 1. The molecule has 0 spiro atoms. The average Bonchev–Trinajstić information content (AvgIpc) is 1.94. The molecule has 4 N–H and O–H groups in total. The quantitative estimate of drug-likeness (QED) is 0.456. The molecule has 0 unspecified atom stereocenters. The zero-order valence-electron chi connectivity index (χ0n) is 6.02. The van der Waals surface area contributed by atoms with Crippen molar-refractivity contribution in [1.29, 1.82) is 0 Å². The van der Waals surface area contributed by atoms with Gasteiger partial charge in [0.25, 0.3) is 0 Å². The van der Waals surface area contributed by atoms with E-state index in [1.54, 1.807) is 0 Å². The molecule has 4 nitrogen and oxygen atoms in total. The standard InChI is InChI=1S/C7H7NO3.ClH/c8-6-2-1-4(9)3-5(6)7(10)11;/h1-3,9H,8H2,(H,10,11);1H. The first-order chi connectivity index (χ1) is 5.11. The zero-order chi connectivity index (χ0) is 8.43. The van der Waals surface area contributed by atoms with Crippen molar-refractivity contribution in [3.05, 3.63) is 23.8 Å². The predicted octanol–water partition coefficient (Wildman–Crippen LogP) is 1.09. The van der Waals surface area contributed by atoms with Crippen LogP contribution in [-0.4, -0.2) is 16.2 Å². The lowest BCUT2D eigenvalue weighted by molar-refractivity contribution is 0.0697. The molecular weight excluding hydrogens is 182 g/mol. The first-order valence-corrected chi connectivity index (χ1v) is 2.93. The molecule has 0 fully saturated rings. The Morgan fingerprint density at radius 1 is 1.42 bits per heavy atom. The van der Waals surface area contributed by atoms with E-state index in [1.807, 2.05) is 0 Å². The molecular formula is C7H8ClNO3. The molecule has 0 saturated carbocycles. The van der Waals surface area contributed by atoms with Crippen LogP contribution in [0.25, 0.3) is 0 Å². The highest BCUT2D eigenvalue weighted by Crippen LogP contribution is 2.17. The van der Waals surface area contributed by atoms with E-state index in [-0.39, 0.29) is 29.4 Å². The fourth-order valence-electron chi connectivity index (χ4n) is 0.729. The molecule has 1 aromatic carbocycles. The summed E-state index contributed by atoms with van der Waals surface area (Å²) in [5, 5.41) is 17.4. The maximum Gasteiger partial charge on any atom is 0.337 e. The van der Waals surface area contributed by atoms with E-state index in [4.69, 9.17) is 15.9 Å². The van der Waals surface area contributed by atoms with Crippen molar-refractivity contribution in [2.24, 2.45) is 0 Å². The lowest BCUT2D eigenvalue weighted by Gasteiger charge is -1.99. The fourth-order valence-corrected chi connectivity index (χ4v) is 0.729. The number of carboxylic acid groups (broad SMARTS) is 1. The van der Waals surface area contributed by atoms with E-state index in [1.165, 1.54) is 12.1 Å². The molecule has 0 aliphatic heterocycles. The number of benzene rings is 1. The van der Waals surface area contributed by atoms with Gasteiger partial charge in [-0.3, -0.25) is 0 Å². The molecule has 66 valence electrons. The summed E-state index contributed by atoms with van der Waals surface area (Å²) in [5.74, 6) is -1.24. The number of carbonyl (C=O) groups is 1. The largest absolute Gasteiger partial charge is 0.508 e. The van der Waals surface area contributed by atoms with Crippen LogP contribution in [0.1, 0.15) is 10.4 Å². The minimum absolute atomic E-state index is 0. The van der Waals surface area contributed by atoms with Crippen LogP contribution in [0.3, 0.4) is 0 Å². The topological polar surface area (TPSA) is 83.5 Å². The summed E-state index contributed by atoms with van der Waals surface area (Å²) in [6.07, 6.45) is 0. The maximum atomic E-state index is 10.4. The molecule has 12 heavy (non-hydrogen) atoms. The number of nitrogen functional groups attached to an aromatic ring is 1. The summed E-state index contributed by atoms with van der Waals surface area (Å²) in [5.41, 5.74) is 5.37. The molecule has 0 aliphatic rings. The number of phenols is 1. The van der Waals surface area contributed by atoms with Crippen LogP contribution >= 0.6 is 12.4 Å². The van der Waals surface area contributed by atoms with Crippen LogP contribution in [0.5, 0.6) is 5.75 Å². The van der Waals surface area contributed by atoms with Crippen LogP contribution in [0.4, 0.5) is 5.69 Å². The van der Waals surface area contributed by atoms with Gasteiger partial charge in [0, 0.05) is 5.69 Å². The van der Waals surface area contributed by atoms with Crippen LogP contribution in [0.2, 0.25) is 0 Å². The summed E-state index contributed by atoms with van der Waals surface area (Å²) in [6, 6.07) is 3.79. The molecule has 1 rings (SSSR count). The monoisotopic (exact) mass is 189 g/mol. The molecule has 0 saturated heterocycles. The first kappa shape index (κ1) is 10.6. The lowest BCUT2D eigenvalue weighted by atomic mass is 10.2. The van der Waals surface area contributed by atoms with Crippen LogP contribution in [0, 0.1) is 0 Å². The van der Waals surface area contributed by atoms with E-state index in [9.17, 15) is 4.79 Å². The van der Waals surface area contributed by atoms with Gasteiger partial charge in [-0.2, -0.15) is 0 Å². The van der Waals surface area contributed by atoms with E-state index in [0.29, 0.717) is 0 Å². The van der Waals surface area contributed by atoms with Crippen LogP contribution < -0.4 is 5.73 Å². The van der Waals surface area contributed by atoms with Gasteiger partial charge in [-0.15, -0.1) is 12.4 Å². The average molecular weight is 190 g/mol. The Balaban J connectivity index is 0.00000121. The molecule has 0 aliphatic carbocycles. The van der Waals surface area contributed by atoms with Crippen molar-refractivity contribution >= 4 is 24.1 Å². The van der Waals surface area contributed by atoms with Gasteiger partial charge < -0.3 is 15.9 Å². The Morgan fingerprint density at radius 2 is 2.00 bits per heavy atom. The Labute approximate surface area is 75.0 Å². The zero-order valence-corrected chi connectivity index (χ0v) is 6.84. The van der Waals surface area contributed by atoms with Gasteiger partial charge in [0.05, 0.1) is 5.56 Å². The Kier molecular flexibility index (Phi) is 3.37. The van der Waals surface area contributed by atoms with Crippen molar-refractivity contribution in [3.63, 3.8) is 0 Å². The van der Waals surface area contributed by atoms with E-state index in [2.05, 4.69) is 0 Å². The summed E-state index contributed by atoms with van der Waals surface area (Å²) in [7, 11) is 0. The van der Waals surface area contributed by atoms with Crippen LogP contribution in [-0.2, 0) is 0 Å². The second-order valence-corrected chi connectivity index (χ2v) is 2.08. The highest BCUT2D eigenvalue weighted by atomic mass is 35.5. The highest BCUT2D eigenvalue weighted by molar-refractivity contribution is 5.94. The first-order valence-electron chi connectivity index (χ1n) is 2.93. The van der Waals surface area contributed by atoms with Gasteiger partial charge in [0.1, 0.15) is 5.75 Å². The van der Waals surface area contributed by atoms with Gasteiger partial charge >= 0.3 is 5.97 Å². The summed E-state index contributed by atoms with van der Waals surface area (Å²) < 4.78 is 0. The molecule has 0 atom stereocenters. The van der Waals surface area contributed by atoms with Gasteiger partial charge in [-0.25, -0.2) is 4.79 Å². The third-order valence-electron chi connectivity index (χ3n) is 1.27. The maximum absolute atomic E-state index is 10.4. The number of carboxylic acids is 1. The highest BCUT2D eigenvalue weighted by Gasteiger charge is 2.07. The van der Waals surface area contributed by atoms with Crippen LogP contribution in [0.15, 0.2) is 18.2 Å². The molecule has 1 aromatic rings. The molecule has 0 heterocycles. The Hall–Kier alpha value is -1.42. The Morgan fingerprint density at radius 3 is 2.42 bits per heavy atom. The molecule has 0 bridgehead atoms. The molecule has 0 amide bonds. The number of aromatic carboxylic acids is 1. The molecule has 0 aromatic heterocycles. The van der Waals surface area contributed by atoms with E-state index >= 15 is 0 Å². The minimum atomic E-state index is -1.14. The van der Waals surface area contributed by atoms with E-state index < -0.39 is 5.97 Å². The number of rotatable bonds is 1. The SMILES string of the molecule is Cl.Nc1ccc(O)cc1C(=O)O. The van der Waals surface area contributed by atoms with Gasteiger partial charge in [0.2, 0.25) is 0 Å². The van der Waals surface area contributed by atoms with Crippen molar-refractivity contribution in [1.82, 2.24) is 0 Å². The fraction of sp³-hybridized carbons (Fsp3) is 0.